The highest BCUT2D eigenvalue weighted by Crippen LogP contribution is 2.37. The summed E-state index contributed by atoms with van der Waals surface area (Å²) in [4.78, 5) is 4.01. The van der Waals surface area contributed by atoms with E-state index in [0.29, 0.717) is 5.69 Å². The van der Waals surface area contributed by atoms with E-state index in [1.807, 2.05) is 0 Å². The maximum absolute atomic E-state index is 13.8. The van der Waals surface area contributed by atoms with Gasteiger partial charge in [0, 0.05) is 6.20 Å². The highest BCUT2D eigenvalue weighted by molar-refractivity contribution is 5.46. The molecule has 1 atom stereocenters. The van der Waals surface area contributed by atoms with Gasteiger partial charge in [-0.15, -0.1) is 0 Å². The summed E-state index contributed by atoms with van der Waals surface area (Å²) in [5, 5.41) is 8.65. The van der Waals surface area contributed by atoms with E-state index in [0.717, 1.165) is 0 Å². The molecule has 0 aromatic carbocycles. The minimum absolute atomic E-state index is 0.194. The van der Waals surface area contributed by atoms with Gasteiger partial charge in [0.05, 0.1) is 11.6 Å². The van der Waals surface area contributed by atoms with E-state index < -0.39 is 23.1 Å². The maximum Gasteiger partial charge on any atom is 0.139 e. The molecule has 2 nitrogen and oxygen atoms in total. The first-order valence-electron chi connectivity index (χ1n) is 4.80. The molecule has 0 radical (unpaired) electrons. The first-order chi connectivity index (χ1) is 7.74. The quantitative estimate of drug-likeness (QED) is 0.725. The average molecular weight is 218 g/mol. The van der Waals surface area contributed by atoms with Crippen LogP contribution in [0.2, 0.25) is 0 Å². The van der Waals surface area contributed by atoms with Crippen LogP contribution in [0.4, 0.5) is 8.78 Å². The molecular weight excluding hydrogens is 210 g/mol. The molecule has 16 heavy (non-hydrogen) atoms. The highest BCUT2D eigenvalue weighted by atomic mass is 19.1. The number of hydrogen-bond acceptors (Lipinski definition) is 2. The van der Waals surface area contributed by atoms with Crippen LogP contribution in [-0.2, 0) is 0 Å². The summed E-state index contributed by atoms with van der Waals surface area (Å²) in [6, 6.07) is 6.65. The fraction of sp³-hybridized carbons (Fsp3) is 0.167. The SMILES string of the molecule is N#CC1=C(F)C(c2ccccn2)CC=C1F. The summed E-state index contributed by atoms with van der Waals surface area (Å²) in [7, 11) is 0. The van der Waals surface area contributed by atoms with Crippen molar-refractivity contribution < 1.29 is 8.78 Å². The van der Waals surface area contributed by atoms with Crippen LogP contribution in [0, 0.1) is 11.3 Å². The van der Waals surface area contributed by atoms with Crippen LogP contribution < -0.4 is 0 Å². The number of halogens is 2. The van der Waals surface area contributed by atoms with Crippen molar-refractivity contribution >= 4 is 0 Å². The predicted molar refractivity (Wildman–Crippen MR) is 54.5 cm³/mol. The summed E-state index contributed by atoms with van der Waals surface area (Å²) >= 11 is 0. The molecule has 1 unspecified atom stereocenters. The minimum atomic E-state index is -0.785. The van der Waals surface area contributed by atoms with Crippen LogP contribution >= 0.6 is 0 Å². The first-order valence-corrected chi connectivity index (χ1v) is 4.80. The van der Waals surface area contributed by atoms with Crippen molar-refractivity contribution in [3.05, 3.63) is 53.4 Å². The van der Waals surface area contributed by atoms with Crippen LogP contribution in [0.15, 0.2) is 47.7 Å². The lowest BCUT2D eigenvalue weighted by Crippen LogP contribution is -2.07. The molecular formula is C12H8F2N2. The van der Waals surface area contributed by atoms with Gasteiger partial charge >= 0.3 is 0 Å². The molecule has 1 aliphatic rings. The molecule has 1 aromatic heterocycles. The van der Waals surface area contributed by atoms with E-state index in [2.05, 4.69) is 4.98 Å². The second-order valence-corrected chi connectivity index (χ2v) is 3.43. The van der Waals surface area contributed by atoms with Crippen molar-refractivity contribution in [1.29, 1.82) is 5.26 Å². The Morgan fingerprint density at radius 3 is 2.81 bits per heavy atom. The van der Waals surface area contributed by atoms with Gasteiger partial charge in [-0.05, 0) is 24.6 Å². The Labute approximate surface area is 91.5 Å². The number of hydrogen-bond donors (Lipinski definition) is 0. The maximum atomic E-state index is 13.8. The van der Waals surface area contributed by atoms with Gasteiger partial charge in [0.25, 0.3) is 0 Å². The van der Waals surface area contributed by atoms with Gasteiger partial charge in [-0.25, -0.2) is 8.78 Å². The Bertz CT molecular complexity index is 498. The van der Waals surface area contributed by atoms with Crippen LogP contribution in [0.25, 0.3) is 0 Å². The van der Waals surface area contributed by atoms with Crippen molar-refractivity contribution in [3.8, 4) is 6.07 Å². The normalized spacial score (nSPS) is 20.3. The lowest BCUT2D eigenvalue weighted by Gasteiger charge is -2.17. The zero-order valence-corrected chi connectivity index (χ0v) is 8.32. The summed E-state index contributed by atoms with van der Waals surface area (Å²) in [5.41, 5.74) is -0.00148. The van der Waals surface area contributed by atoms with E-state index >= 15 is 0 Å². The molecule has 1 heterocycles. The summed E-state index contributed by atoms with van der Waals surface area (Å²) in [6.07, 6.45) is 2.96. The first kappa shape index (κ1) is 10.5. The van der Waals surface area contributed by atoms with Gasteiger partial charge in [0.1, 0.15) is 23.3 Å². The zero-order valence-electron chi connectivity index (χ0n) is 8.32. The second kappa shape index (κ2) is 4.23. The Morgan fingerprint density at radius 2 is 2.19 bits per heavy atom. The number of allylic oxidation sites excluding steroid dienone is 4. The van der Waals surface area contributed by atoms with Crippen LogP contribution in [0.5, 0.6) is 0 Å². The van der Waals surface area contributed by atoms with E-state index in [-0.39, 0.29) is 6.42 Å². The number of nitrogens with zero attached hydrogens (tertiary/aromatic N) is 2. The van der Waals surface area contributed by atoms with E-state index in [1.54, 1.807) is 24.4 Å². The number of rotatable bonds is 1. The second-order valence-electron chi connectivity index (χ2n) is 3.43. The number of nitriles is 1. The molecule has 0 fully saturated rings. The largest absolute Gasteiger partial charge is 0.261 e. The highest BCUT2D eigenvalue weighted by Gasteiger charge is 2.27. The van der Waals surface area contributed by atoms with Crippen molar-refractivity contribution in [2.75, 3.05) is 0 Å². The van der Waals surface area contributed by atoms with Gasteiger partial charge in [-0.2, -0.15) is 5.26 Å². The molecule has 0 N–H and O–H groups in total. The minimum Gasteiger partial charge on any atom is -0.261 e. The summed E-state index contributed by atoms with van der Waals surface area (Å²) in [6.45, 7) is 0. The van der Waals surface area contributed by atoms with Gasteiger partial charge in [0.2, 0.25) is 0 Å². The monoisotopic (exact) mass is 218 g/mol. The molecule has 1 aliphatic carbocycles. The van der Waals surface area contributed by atoms with Crippen molar-refractivity contribution in [2.45, 2.75) is 12.3 Å². The van der Waals surface area contributed by atoms with Gasteiger partial charge in [-0.3, -0.25) is 4.98 Å². The fourth-order valence-corrected chi connectivity index (χ4v) is 1.65. The fourth-order valence-electron chi connectivity index (χ4n) is 1.65. The number of aromatic nitrogens is 1. The third-order valence-corrected chi connectivity index (χ3v) is 2.47. The lowest BCUT2D eigenvalue weighted by molar-refractivity contribution is 0.505. The standard InChI is InChI=1S/C12H8F2N2/c13-10-5-4-8(12(14)9(10)7-15)11-3-1-2-6-16-11/h1-3,5-6,8H,4H2. The molecule has 0 amide bonds. The molecule has 4 heteroatoms. The van der Waals surface area contributed by atoms with E-state index in [9.17, 15) is 8.78 Å². The van der Waals surface area contributed by atoms with Crippen LogP contribution in [0.1, 0.15) is 18.0 Å². The molecule has 0 saturated heterocycles. The summed E-state index contributed by atoms with van der Waals surface area (Å²) in [5.74, 6) is -2.16. The third kappa shape index (κ3) is 1.72. The van der Waals surface area contributed by atoms with Crippen molar-refractivity contribution in [2.24, 2.45) is 0 Å². The predicted octanol–water partition coefficient (Wildman–Crippen LogP) is 3.17. The molecule has 0 aliphatic heterocycles. The van der Waals surface area contributed by atoms with Crippen LogP contribution in [-0.4, -0.2) is 4.98 Å². The lowest BCUT2D eigenvalue weighted by atomic mass is 9.91. The Morgan fingerprint density at radius 1 is 1.38 bits per heavy atom. The molecule has 1 aromatic rings. The Kier molecular flexibility index (Phi) is 2.78. The molecule has 0 spiro atoms. The van der Waals surface area contributed by atoms with E-state index in [1.165, 1.54) is 12.1 Å². The smallest absolute Gasteiger partial charge is 0.139 e. The summed E-state index contributed by atoms with van der Waals surface area (Å²) < 4.78 is 26.9. The Balaban J connectivity index is 2.42. The van der Waals surface area contributed by atoms with E-state index in [4.69, 9.17) is 5.26 Å². The third-order valence-electron chi connectivity index (χ3n) is 2.47. The zero-order chi connectivity index (χ0) is 11.5. The Hall–Kier alpha value is -2.02. The number of pyridine rings is 1. The van der Waals surface area contributed by atoms with Gasteiger partial charge in [-0.1, -0.05) is 6.07 Å². The average Bonchev–Trinajstić information content (AvgIpc) is 2.31. The van der Waals surface area contributed by atoms with Crippen LogP contribution in [0.3, 0.4) is 0 Å². The van der Waals surface area contributed by atoms with Gasteiger partial charge in [0.15, 0.2) is 0 Å². The van der Waals surface area contributed by atoms with Gasteiger partial charge < -0.3 is 0 Å². The molecule has 2 rings (SSSR count). The van der Waals surface area contributed by atoms with Crippen molar-refractivity contribution in [1.82, 2.24) is 4.98 Å². The van der Waals surface area contributed by atoms with Crippen molar-refractivity contribution in [3.63, 3.8) is 0 Å². The molecule has 0 saturated carbocycles. The molecule has 0 bridgehead atoms. The molecule has 80 valence electrons. The topological polar surface area (TPSA) is 36.7 Å².